The van der Waals surface area contributed by atoms with Gasteiger partial charge in [-0.05, 0) is 24.9 Å². The van der Waals surface area contributed by atoms with E-state index >= 15 is 0 Å². The van der Waals surface area contributed by atoms with Gasteiger partial charge in [0, 0.05) is 5.75 Å². The first-order valence-corrected chi connectivity index (χ1v) is 4.07. The third kappa shape index (κ3) is 6.31. The van der Waals surface area contributed by atoms with Crippen molar-refractivity contribution in [2.75, 3.05) is 12.4 Å². The summed E-state index contributed by atoms with van der Waals surface area (Å²) in [5.41, 5.74) is 0. The van der Waals surface area contributed by atoms with Crippen LogP contribution in [0.4, 0.5) is 0 Å². The fourth-order valence-electron chi connectivity index (χ4n) is 0.285. The van der Waals surface area contributed by atoms with Crippen LogP contribution in [-0.4, -0.2) is 12.4 Å². The van der Waals surface area contributed by atoms with Crippen LogP contribution in [0.15, 0.2) is 0 Å². The van der Waals surface area contributed by atoms with Gasteiger partial charge in [0.2, 0.25) is 0 Å². The summed E-state index contributed by atoms with van der Waals surface area (Å²) in [6, 6.07) is 0. The highest BCUT2D eigenvalue weighted by molar-refractivity contribution is 7.94. The summed E-state index contributed by atoms with van der Waals surface area (Å²) in [5, 5.41) is 0. The Morgan fingerprint density at radius 3 is 2.50 bits per heavy atom. The molecule has 0 aliphatic rings. The van der Waals surface area contributed by atoms with E-state index in [1.807, 2.05) is 0 Å². The Kier molecular flexibility index (Phi) is 7.59. The van der Waals surface area contributed by atoms with Crippen molar-refractivity contribution in [2.24, 2.45) is 0 Å². The monoisotopic (exact) mass is 134 g/mol. The largest absolute Gasteiger partial charge is 0.315 e. The van der Waals surface area contributed by atoms with Gasteiger partial charge < -0.3 is 4.18 Å². The molecule has 0 heterocycles. The molecule has 0 spiro atoms. The van der Waals surface area contributed by atoms with Gasteiger partial charge in [0.25, 0.3) is 0 Å². The lowest BCUT2D eigenvalue weighted by Crippen LogP contribution is -1.83. The number of hydrogen-bond donors (Lipinski definition) is 0. The van der Waals surface area contributed by atoms with Crippen LogP contribution in [0.5, 0.6) is 0 Å². The first-order valence-electron chi connectivity index (χ1n) is 3.16. The molecular formula is C6H14OS. The average Bonchev–Trinajstić information content (AvgIpc) is 1.81. The second-order valence-corrected chi connectivity index (χ2v) is 2.52. The first-order chi connectivity index (χ1) is 3.91. The molecule has 0 amide bonds. The molecule has 2 heteroatoms. The predicted octanol–water partition coefficient (Wildman–Crippen LogP) is 2.47. The first kappa shape index (κ1) is 8.31. The Hall–Kier alpha value is 0.310. The summed E-state index contributed by atoms with van der Waals surface area (Å²) in [5.74, 6) is 1.12. The fraction of sp³-hybridized carbons (Fsp3) is 1.00. The fourth-order valence-corrected chi connectivity index (χ4v) is 0.854. The Morgan fingerprint density at radius 1 is 1.25 bits per heavy atom. The molecule has 50 valence electrons. The molecule has 0 fully saturated rings. The molecule has 0 aromatic carbocycles. The van der Waals surface area contributed by atoms with E-state index in [0.717, 1.165) is 18.8 Å². The molecule has 0 rings (SSSR count). The Bertz CT molecular complexity index is 33.5. The maximum atomic E-state index is 5.14. The molecule has 0 saturated carbocycles. The zero-order valence-corrected chi connectivity index (χ0v) is 6.46. The van der Waals surface area contributed by atoms with Crippen molar-refractivity contribution in [1.82, 2.24) is 0 Å². The van der Waals surface area contributed by atoms with Crippen LogP contribution >= 0.6 is 12.0 Å². The average molecular weight is 134 g/mol. The highest BCUT2D eigenvalue weighted by Gasteiger charge is 1.82. The molecule has 0 saturated heterocycles. The van der Waals surface area contributed by atoms with Gasteiger partial charge in [0.1, 0.15) is 0 Å². The minimum absolute atomic E-state index is 0.894. The third-order valence-corrected chi connectivity index (χ3v) is 1.57. The van der Waals surface area contributed by atoms with Crippen LogP contribution in [0.1, 0.15) is 26.7 Å². The lowest BCUT2D eigenvalue weighted by Gasteiger charge is -1.95. The Balaban J connectivity index is 2.53. The summed E-state index contributed by atoms with van der Waals surface area (Å²) >= 11 is 1.58. The van der Waals surface area contributed by atoms with E-state index in [1.54, 1.807) is 12.0 Å². The lowest BCUT2D eigenvalue weighted by molar-refractivity contribution is 0.373. The molecule has 0 aromatic heterocycles. The zero-order chi connectivity index (χ0) is 6.24. The molecule has 0 atom stereocenters. The zero-order valence-electron chi connectivity index (χ0n) is 5.64. The van der Waals surface area contributed by atoms with E-state index < -0.39 is 0 Å². The SMILES string of the molecule is CCCOSCCC. The van der Waals surface area contributed by atoms with Crippen LogP contribution in [0, 0.1) is 0 Å². The molecule has 0 radical (unpaired) electrons. The molecule has 0 N–H and O–H groups in total. The predicted molar refractivity (Wildman–Crippen MR) is 39.0 cm³/mol. The van der Waals surface area contributed by atoms with Crippen molar-refractivity contribution in [1.29, 1.82) is 0 Å². The van der Waals surface area contributed by atoms with E-state index in [0.29, 0.717) is 0 Å². The van der Waals surface area contributed by atoms with E-state index in [4.69, 9.17) is 4.18 Å². The van der Waals surface area contributed by atoms with Crippen molar-refractivity contribution >= 4 is 12.0 Å². The molecule has 8 heavy (non-hydrogen) atoms. The molecule has 0 unspecified atom stereocenters. The molecule has 1 nitrogen and oxygen atoms in total. The van der Waals surface area contributed by atoms with Crippen LogP contribution in [0.2, 0.25) is 0 Å². The number of hydrogen-bond acceptors (Lipinski definition) is 2. The molecule has 0 aromatic rings. The molecular weight excluding hydrogens is 120 g/mol. The van der Waals surface area contributed by atoms with E-state index in [9.17, 15) is 0 Å². The van der Waals surface area contributed by atoms with Gasteiger partial charge in [0.05, 0.1) is 6.61 Å². The van der Waals surface area contributed by atoms with Crippen molar-refractivity contribution in [2.45, 2.75) is 26.7 Å². The van der Waals surface area contributed by atoms with Crippen molar-refractivity contribution in [3.05, 3.63) is 0 Å². The normalized spacial score (nSPS) is 9.75. The topological polar surface area (TPSA) is 9.23 Å². The third-order valence-electron chi connectivity index (χ3n) is 0.658. The maximum absolute atomic E-state index is 5.14. The second kappa shape index (κ2) is 7.31. The van der Waals surface area contributed by atoms with Crippen molar-refractivity contribution in [3.8, 4) is 0 Å². The summed E-state index contributed by atoms with van der Waals surface area (Å²) in [6.07, 6.45) is 2.32. The second-order valence-electron chi connectivity index (χ2n) is 1.64. The lowest BCUT2D eigenvalue weighted by atomic mass is 10.5. The van der Waals surface area contributed by atoms with E-state index in [-0.39, 0.29) is 0 Å². The molecule has 0 bridgehead atoms. The Morgan fingerprint density at radius 2 is 2.00 bits per heavy atom. The molecule has 0 aliphatic heterocycles. The summed E-state index contributed by atoms with van der Waals surface area (Å²) in [6.45, 7) is 5.17. The van der Waals surface area contributed by atoms with Gasteiger partial charge in [0.15, 0.2) is 0 Å². The van der Waals surface area contributed by atoms with E-state index in [1.165, 1.54) is 6.42 Å². The maximum Gasteiger partial charge on any atom is 0.0611 e. The summed E-state index contributed by atoms with van der Waals surface area (Å²) < 4.78 is 5.14. The van der Waals surface area contributed by atoms with Gasteiger partial charge in [-0.1, -0.05) is 13.8 Å². The summed E-state index contributed by atoms with van der Waals surface area (Å²) in [7, 11) is 0. The summed E-state index contributed by atoms with van der Waals surface area (Å²) in [4.78, 5) is 0. The Labute approximate surface area is 56.0 Å². The number of rotatable bonds is 5. The van der Waals surface area contributed by atoms with Crippen LogP contribution in [-0.2, 0) is 4.18 Å². The quantitative estimate of drug-likeness (QED) is 0.422. The van der Waals surface area contributed by atoms with Crippen LogP contribution < -0.4 is 0 Å². The van der Waals surface area contributed by atoms with Crippen LogP contribution in [0.3, 0.4) is 0 Å². The van der Waals surface area contributed by atoms with Gasteiger partial charge in [-0.3, -0.25) is 0 Å². The highest BCUT2D eigenvalue weighted by atomic mass is 32.2. The van der Waals surface area contributed by atoms with E-state index in [2.05, 4.69) is 13.8 Å². The minimum atomic E-state index is 0.894. The van der Waals surface area contributed by atoms with Crippen molar-refractivity contribution < 1.29 is 4.18 Å². The molecule has 0 aliphatic carbocycles. The smallest absolute Gasteiger partial charge is 0.0611 e. The van der Waals surface area contributed by atoms with Gasteiger partial charge in [-0.15, -0.1) is 0 Å². The standard InChI is InChI=1S/C6H14OS/c1-3-5-7-8-6-4-2/h3-6H2,1-2H3. The highest BCUT2D eigenvalue weighted by Crippen LogP contribution is 2.03. The van der Waals surface area contributed by atoms with Gasteiger partial charge >= 0.3 is 0 Å². The van der Waals surface area contributed by atoms with Gasteiger partial charge in [-0.25, -0.2) is 0 Å². The van der Waals surface area contributed by atoms with Gasteiger partial charge in [-0.2, -0.15) is 0 Å². The minimum Gasteiger partial charge on any atom is -0.315 e. The van der Waals surface area contributed by atoms with Crippen molar-refractivity contribution in [3.63, 3.8) is 0 Å². The van der Waals surface area contributed by atoms with Crippen LogP contribution in [0.25, 0.3) is 0 Å².